The van der Waals surface area contributed by atoms with Crippen LogP contribution in [0.5, 0.6) is 0 Å². The molecule has 2 aliphatic rings. The highest BCUT2D eigenvalue weighted by atomic mass is 14.9. The first-order valence-electron chi connectivity index (χ1n) is 6.67. The molecule has 0 amide bonds. The Labute approximate surface area is 94.0 Å². The molecule has 3 N–H and O–H groups in total. The normalized spacial score (nSPS) is 35.6. The molecule has 0 aromatic rings. The smallest absolute Gasteiger partial charge is 0.00825 e. The molecule has 0 aromatic heterocycles. The van der Waals surface area contributed by atoms with Crippen molar-refractivity contribution in [3.63, 3.8) is 0 Å². The number of nitrogens with one attached hydrogen (secondary N) is 1. The van der Waals surface area contributed by atoms with Crippen molar-refractivity contribution >= 4 is 0 Å². The summed E-state index contributed by atoms with van der Waals surface area (Å²) in [6, 6.07) is 1.17. The quantitative estimate of drug-likeness (QED) is 0.751. The van der Waals surface area contributed by atoms with E-state index in [1.807, 2.05) is 0 Å². The maximum absolute atomic E-state index is 5.93. The van der Waals surface area contributed by atoms with Crippen LogP contribution in [0.3, 0.4) is 0 Å². The van der Waals surface area contributed by atoms with Crippen molar-refractivity contribution in [2.24, 2.45) is 11.1 Å². The van der Waals surface area contributed by atoms with Gasteiger partial charge in [0, 0.05) is 18.6 Å². The van der Waals surface area contributed by atoms with Crippen molar-refractivity contribution in [2.75, 3.05) is 6.54 Å². The van der Waals surface area contributed by atoms with Gasteiger partial charge in [-0.3, -0.25) is 0 Å². The Bertz CT molecular complexity index is 197. The van der Waals surface area contributed by atoms with E-state index < -0.39 is 0 Å². The minimum absolute atomic E-state index is 0.460. The maximum atomic E-state index is 5.93. The van der Waals surface area contributed by atoms with Gasteiger partial charge in [0.05, 0.1) is 0 Å². The third-order valence-corrected chi connectivity index (χ3v) is 4.35. The molecule has 88 valence electrons. The molecule has 2 fully saturated rings. The monoisotopic (exact) mass is 210 g/mol. The molecule has 0 radical (unpaired) electrons. The van der Waals surface area contributed by atoms with E-state index in [4.69, 9.17) is 5.73 Å². The molecule has 0 spiro atoms. The van der Waals surface area contributed by atoms with Crippen LogP contribution in [0.1, 0.15) is 58.3 Å². The number of hydrogen-bond donors (Lipinski definition) is 2. The van der Waals surface area contributed by atoms with Gasteiger partial charge in [-0.2, -0.15) is 0 Å². The lowest BCUT2D eigenvalue weighted by Gasteiger charge is -2.34. The van der Waals surface area contributed by atoms with Gasteiger partial charge < -0.3 is 11.1 Å². The highest BCUT2D eigenvalue weighted by Gasteiger charge is 2.29. The van der Waals surface area contributed by atoms with Crippen molar-refractivity contribution in [1.82, 2.24) is 5.32 Å². The van der Waals surface area contributed by atoms with Gasteiger partial charge in [0.15, 0.2) is 0 Å². The number of hydrogen-bond acceptors (Lipinski definition) is 2. The molecule has 0 aliphatic heterocycles. The maximum Gasteiger partial charge on any atom is 0.00825 e. The third kappa shape index (κ3) is 3.18. The molecule has 2 aliphatic carbocycles. The Kier molecular flexibility index (Phi) is 3.68. The van der Waals surface area contributed by atoms with E-state index in [0.717, 1.165) is 0 Å². The zero-order valence-corrected chi connectivity index (χ0v) is 10.1. The first-order chi connectivity index (χ1) is 7.18. The van der Waals surface area contributed by atoms with Gasteiger partial charge in [-0.15, -0.1) is 0 Å². The molecule has 0 bridgehead atoms. The molecule has 2 heteroatoms. The second-order valence-corrected chi connectivity index (χ2v) is 6.02. The molecular formula is C13H26N2. The molecule has 2 rings (SSSR count). The van der Waals surface area contributed by atoms with E-state index in [0.29, 0.717) is 17.5 Å². The minimum atomic E-state index is 0.460. The van der Waals surface area contributed by atoms with Crippen LogP contribution in [0, 0.1) is 5.41 Å². The minimum Gasteiger partial charge on any atom is -0.328 e. The molecule has 2 unspecified atom stereocenters. The molecule has 15 heavy (non-hydrogen) atoms. The van der Waals surface area contributed by atoms with Crippen LogP contribution >= 0.6 is 0 Å². The predicted octanol–water partition coefficient (Wildman–Crippen LogP) is 2.43. The van der Waals surface area contributed by atoms with E-state index >= 15 is 0 Å². The number of nitrogens with two attached hydrogens (primary N) is 1. The summed E-state index contributed by atoms with van der Waals surface area (Å²) >= 11 is 0. The molecule has 2 atom stereocenters. The second-order valence-electron chi connectivity index (χ2n) is 6.02. The first kappa shape index (κ1) is 11.4. The lowest BCUT2D eigenvalue weighted by Crippen LogP contribution is -2.38. The van der Waals surface area contributed by atoms with E-state index in [1.165, 1.54) is 57.9 Å². The van der Waals surface area contributed by atoms with Crippen LogP contribution in [0.15, 0.2) is 0 Å². The van der Waals surface area contributed by atoms with Crippen molar-refractivity contribution in [1.29, 1.82) is 0 Å². The fraction of sp³-hybridized carbons (Fsp3) is 1.00. The Morgan fingerprint density at radius 2 is 1.93 bits per heavy atom. The van der Waals surface area contributed by atoms with Crippen molar-refractivity contribution in [3.05, 3.63) is 0 Å². The zero-order chi connectivity index (χ0) is 10.7. The van der Waals surface area contributed by atoms with Gasteiger partial charge in [-0.05, 0) is 37.5 Å². The van der Waals surface area contributed by atoms with Gasteiger partial charge in [0.1, 0.15) is 0 Å². The van der Waals surface area contributed by atoms with Gasteiger partial charge in [0.2, 0.25) is 0 Å². The van der Waals surface area contributed by atoms with Crippen molar-refractivity contribution in [3.8, 4) is 0 Å². The highest BCUT2D eigenvalue weighted by molar-refractivity contribution is 4.86. The Hall–Kier alpha value is -0.0800. The van der Waals surface area contributed by atoms with Crippen LogP contribution in [0.25, 0.3) is 0 Å². The first-order valence-corrected chi connectivity index (χ1v) is 6.67. The van der Waals surface area contributed by atoms with Crippen molar-refractivity contribution in [2.45, 2.75) is 70.4 Å². The summed E-state index contributed by atoms with van der Waals surface area (Å²) in [5, 5.41) is 3.74. The average Bonchev–Trinajstić information content (AvgIpc) is 2.63. The Balaban J connectivity index is 1.72. The van der Waals surface area contributed by atoms with E-state index in [1.54, 1.807) is 0 Å². The fourth-order valence-electron chi connectivity index (χ4n) is 3.17. The predicted molar refractivity (Wildman–Crippen MR) is 64.8 cm³/mol. The fourth-order valence-corrected chi connectivity index (χ4v) is 3.17. The van der Waals surface area contributed by atoms with Gasteiger partial charge in [-0.25, -0.2) is 0 Å². The summed E-state index contributed by atoms with van der Waals surface area (Å²) < 4.78 is 0. The van der Waals surface area contributed by atoms with Crippen LogP contribution < -0.4 is 11.1 Å². The highest BCUT2D eigenvalue weighted by Crippen LogP contribution is 2.35. The third-order valence-electron chi connectivity index (χ3n) is 4.35. The molecule has 2 saturated carbocycles. The zero-order valence-electron chi connectivity index (χ0n) is 10.1. The summed E-state index contributed by atoms with van der Waals surface area (Å²) in [5.41, 5.74) is 6.50. The van der Waals surface area contributed by atoms with E-state index in [2.05, 4.69) is 12.2 Å². The number of rotatable bonds is 3. The summed E-state index contributed by atoms with van der Waals surface area (Å²) in [6.45, 7) is 3.67. The largest absolute Gasteiger partial charge is 0.328 e. The Morgan fingerprint density at radius 1 is 1.20 bits per heavy atom. The molecule has 0 aromatic carbocycles. The summed E-state index contributed by atoms with van der Waals surface area (Å²) in [5.74, 6) is 0. The van der Waals surface area contributed by atoms with Gasteiger partial charge in [0.25, 0.3) is 0 Å². The molecule has 0 heterocycles. The summed E-state index contributed by atoms with van der Waals surface area (Å²) in [4.78, 5) is 0. The Morgan fingerprint density at radius 3 is 2.53 bits per heavy atom. The molecular weight excluding hydrogens is 184 g/mol. The van der Waals surface area contributed by atoms with Crippen molar-refractivity contribution < 1.29 is 0 Å². The standard InChI is InChI=1S/C13H26N2/c1-13(7-3-2-4-8-13)10-15-12-6-5-11(14)9-12/h11-12,15H,2-10,14H2,1H3. The van der Waals surface area contributed by atoms with E-state index in [-0.39, 0.29) is 0 Å². The summed E-state index contributed by atoms with van der Waals surface area (Å²) in [6.07, 6.45) is 10.8. The summed E-state index contributed by atoms with van der Waals surface area (Å²) in [7, 11) is 0. The van der Waals surface area contributed by atoms with E-state index in [9.17, 15) is 0 Å². The lowest BCUT2D eigenvalue weighted by molar-refractivity contribution is 0.200. The van der Waals surface area contributed by atoms with Gasteiger partial charge >= 0.3 is 0 Å². The molecule has 2 nitrogen and oxygen atoms in total. The average molecular weight is 210 g/mol. The lowest BCUT2D eigenvalue weighted by atomic mass is 9.75. The SMILES string of the molecule is CC1(CNC2CCC(N)C2)CCCCC1. The van der Waals surface area contributed by atoms with Crippen LogP contribution in [0.4, 0.5) is 0 Å². The van der Waals surface area contributed by atoms with Crippen LogP contribution in [-0.2, 0) is 0 Å². The van der Waals surface area contributed by atoms with Crippen LogP contribution in [-0.4, -0.2) is 18.6 Å². The van der Waals surface area contributed by atoms with Gasteiger partial charge in [-0.1, -0.05) is 26.2 Å². The second kappa shape index (κ2) is 4.84. The topological polar surface area (TPSA) is 38.0 Å². The molecule has 0 saturated heterocycles. The van der Waals surface area contributed by atoms with Crippen LogP contribution in [0.2, 0.25) is 0 Å².